The number of rotatable bonds is 5. The molecule has 0 spiro atoms. The summed E-state index contributed by atoms with van der Waals surface area (Å²) in [5.41, 5.74) is 2.66. The quantitative estimate of drug-likeness (QED) is 0.738. The van der Waals surface area contributed by atoms with Crippen LogP contribution in [-0.4, -0.2) is 30.3 Å². The minimum Gasteiger partial charge on any atom is -0.493 e. The predicted octanol–water partition coefficient (Wildman–Crippen LogP) is 4.25. The molecule has 2 amide bonds. The molecule has 2 aromatic carbocycles. The van der Waals surface area contributed by atoms with Crippen molar-refractivity contribution in [2.24, 2.45) is 0 Å². The molecule has 0 atom stereocenters. The molecule has 26 heavy (non-hydrogen) atoms. The number of nitrogens with zero attached hydrogens (tertiary/aromatic N) is 1. The van der Waals surface area contributed by atoms with Crippen molar-refractivity contribution in [1.29, 1.82) is 0 Å². The monoisotopic (exact) mass is 369 g/mol. The van der Waals surface area contributed by atoms with Crippen molar-refractivity contribution in [3.63, 3.8) is 0 Å². The van der Waals surface area contributed by atoms with Crippen molar-refractivity contribution in [2.45, 2.75) is 13.5 Å². The van der Waals surface area contributed by atoms with Gasteiger partial charge in [-0.25, -0.2) is 0 Å². The maximum Gasteiger partial charge on any atom is 0.293 e. The Morgan fingerprint density at radius 3 is 2.35 bits per heavy atom. The SMILES string of the molecule is COc1cc(C)c(/C=C2\SC(=O)N(Cc3ccccc3)C2=O)cc1OC. The number of aryl methyl sites for hydroxylation is 1. The Kier molecular flexibility index (Phi) is 5.32. The number of imide groups is 1. The second-order valence-corrected chi connectivity index (χ2v) is 6.81. The first-order valence-corrected chi connectivity index (χ1v) is 8.87. The van der Waals surface area contributed by atoms with Crippen molar-refractivity contribution in [3.8, 4) is 11.5 Å². The Bertz CT molecular complexity index is 877. The number of carbonyl (C=O) groups is 2. The van der Waals surface area contributed by atoms with Crippen LogP contribution in [0.3, 0.4) is 0 Å². The van der Waals surface area contributed by atoms with Gasteiger partial charge >= 0.3 is 0 Å². The molecule has 0 saturated carbocycles. The van der Waals surface area contributed by atoms with Gasteiger partial charge in [0, 0.05) is 0 Å². The first kappa shape index (κ1) is 18.1. The molecule has 1 aliphatic rings. The van der Waals surface area contributed by atoms with Crippen LogP contribution in [0.15, 0.2) is 47.4 Å². The molecular weight excluding hydrogens is 350 g/mol. The normalized spacial score (nSPS) is 15.7. The Morgan fingerprint density at radius 2 is 1.69 bits per heavy atom. The third kappa shape index (κ3) is 3.60. The van der Waals surface area contributed by atoms with Crippen LogP contribution in [-0.2, 0) is 11.3 Å². The van der Waals surface area contributed by atoms with E-state index in [9.17, 15) is 9.59 Å². The van der Waals surface area contributed by atoms with Crippen molar-refractivity contribution in [1.82, 2.24) is 4.90 Å². The first-order valence-electron chi connectivity index (χ1n) is 8.05. The van der Waals surface area contributed by atoms with E-state index in [2.05, 4.69) is 0 Å². The van der Waals surface area contributed by atoms with Gasteiger partial charge in [0.05, 0.1) is 25.7 Å². The summed E-state index contributed by atoms with van der Waals surface area (Å²) >= 11 is 0.954. The molecule has 0 aliphatic carbocycles. The van der Waals surface area contributed by atoms with E-state index < -0.39 is 0 Å². The standard InChI is InChI=1S/C20H19NO4S/c1-13-9-16(24-2)17(25-3)10-15(13)11-18-19(22)21(20(23)26-18)12-14-7-5-4-6-8-14/h4-11H,12H2,1-3H3/b18-11-. The van der Waals surface area contributed by atoms with E-state index in [1.807, 2.05) is 43.3 Å². The van der Waals surface area contributed by atoms with Gasteiger partial charge in [0.25, 0.3) is 11.1 Å². The molecule has 0 unspecified atom stereocenters. The second-order valence-electron chi connectivity index (χ2n) is 5.82. The molecule has 134 valence electrons. The topological polar surface area (TPSA) is 55.8 Å². The number of ether oxygens (including phenoxy) is 2. The van der Waals surface area contributed by atoms with Gasteiger partial charge in [-0.2, -0.15) is 0 Å². The van der Waals surface area contributed by atoms with Crippen LogP contribution in [0.25, 0.3) is 6.08 Å². The first-order chi connectivity index (χ1) is 12.5. The summed E-state index contributed by atoms with van der Waals surface area (Å²) in [6.07, 6.45) is 1.73. The summed E-state index contributed by atoms with van der Waals surface area (Å²) in [7, 11) is 3.14. The highest BCUT2D eigenvalue weighted by atomic mass is 32.2. The number of benzene rings is 2. The highest BCUT2D eigenvalue weighted by Crippen LogP contribution is 2.36. The average molecular weight is 369 g/mol. The Labute approximate surface area is 156 Å². The molecule has 1 saturated heterocycles. The predicted molar refractivity (Wildman–Crippen MR) is 102 cm³/mol. The minimum absolute atomic E-state index is 0.261. The lowest BCUT2D eigenvalue weighted by Crippen LogP contribution is -2.27. The molecule has 2 aromatic rings. The van der Waals surface area contributed by atoms with E-state index in [1.165, 1.54) is 4.90 Å². The highest BCUT2D eigenvalue weighted by Gasteiger charge is 2.35. The summed E-state index contributed by atoms with van der Waals surface area (Å²) in [4.78, 5) is 26.6. The fourth-order valence-electron chi connectivity index (χ4n) is 2.70. The Balaban J connectivity index is 1.88. The lowest BCUT2D eigenvalue weighted by molar-refractivity contribution is -0.123. The number of hydrogen-bond acceptors (Lipinski definition) is 5. The number of carbonyl (C=O) groups excluding carboxylic acids is 2. The molecule has 0 radical (unpaired) electrons. The van der Waals surface area contributed by atoms with Crippen LogP contribution in [0.2, 0.25) is 0 Å². The average Bonchev–Trinajstić information content (AvgIpc) is 2.91. The van der Waals surface area contributed by atoms with E-state index in [4.69, 9.17) is 9.47 Å². The van der Waals surface area contributed by atoms with Gasteiger partial charge in [-0.15, -0.1) is 0 Å². The van der Waals surface area contributed by atoms with Crippen molar-refractivity contribution in [3.05, 3.63) is 64.1 Å². The molecule has 1 fully saturated rings. The fraction of sp³-hybridized carbons (Fsp3) is 0.200. The maximum atomic E-state index is 12.7. The number of methoxy groups -OCH3 is 2. The van der Waals surface area contributed by atoms with Gasteiger partial charge in [-0.05, 0) is 53.6 Å². The number of hydrogen-bond donors (Lipinski definition) is 0. The molecular formula is C20H19NO4S. The number of amides is 2. The van der Waals surface area contributed by atoms with Crippen LogP contribution in [0.1, 0.15) is 16.7 Å². The summed E-state index contributed by atoms with van der Waals surface area (Å²) in [5, 5.41) is -0.261. The minimum atomic E-state index is -0.280. The summed E-state index contributed by atoms with van der Waals surface area (Å²) in [6.45, 7) is 2.19. The molecule has 3 rings (SSSR count). The van der Waals surface area contributed by atoms with Crippen LogP contribution >= 0.6 is 11.8 Å². The van der Waals surface area contributed by atoms with E-state index >= 15 is 0 Å². The summed E-state index contributed by atoms with van der Waals surface area (Å²) < 4.78 is 10.6. The molecule has 1 heterocycles. The van der Waals surface area contributed by atoms with E-state index in [-0.39, 0.29) is 17.7 Å². The smallest absolute Gasteiger partial charge is 0.293 e. The van der Waals surface area contributed by atoms with E-state index in [1.54, 1.807) is 26.4 Å². The van der Waals surface area contributed by atoms with Crippen molar-refractivity contribution < 1.29 is 19.1 Å². The third-order valence-electron chi connectivity index (χ3n) is 4.12. The van der Waals surface area contributed by atoms with Gasteiger partial charge < -0.3 is 9.47 Å². The van der Waals surface area contributed by atoms with Crippen LogP contribution in [0, 0.1) is 6.92 Å². The zero-order valence-corrected chi connectivity index (χ0v) is 15.6. The molecule has 0 bridgehead atoms. The summed E-state index contributed by atoms with van der Waals surface area (Å²) in [6, 6.07) is 13.1. The fourth-order valence-corrected chi connectivity index (χ4v) is 3.52. The Hall–Kier alpha value is -2.73. The van der Waals surface area contributed by atoms with Gasteiger partial charge in [-0.3, -0.25) is 14.5 Å². The van der Waals surface area contributed by atoms with Crippen molar-refractivity contribution in [2.75, 3.05) is 14.2 Å². The molecule has 0 N–H and O–H groups in total. The zero-order valence-electron chi connectivity index (χ0n) is 14.8. The lowest BCUT2D eigenvalue weighted by atomic mass is 10.1. The van der Waals surface area contributed by atoms with Crippen LogP contribution < -0.4 is 9.47 Å². The van der Waals surface area contributed by atoms with Gasteiger partial charge in [0.2, 0.25) is 0 Å². The molecule has 0 aromatic heterocycles. The Morgan fingerprint density at radius 1 is 1.04 bits per heavy atom. The second kappa shape index (κ2) is 7.66. The van der Waals surface area contributed by atoms with Crippen molar-refractivity contribution >= 4 is 29.0 Å². The van der Waals surface area contributed by atoms with E-state index in [0.29, 0.717) is 16.4 Å². The zero-order chi connectivity index (χ0) is 18.7. The maximum absolute atomic E-state index is 12.7. The van der Waals surface area contributed by atoms with E-state index in [0.717, 1.165) is 28.5 Å². The molecule has 5 nitrogen and oxygen atoms in total. The van der Waals surface area contributed by atoms with Gasteiger partial charge in [-0.1, -0.05) is 30.3 Å². The largest absolute Gasteiger partial charge is 0.493 e. The van der Waals surface area contributed by atoms with Gasteiger partial charge in [0.1, 0.15) is 0 Å². The van der Waals surface area contributed by atoms with Crippen LogP contribution in [0.4, 0.5) is 4.79 Å². The number of thioether (sulfide) groups is 1. The lowest BCUT2D eigenvalue weighted by Gasteiger charge is -2.12. The molecule has 6 heteroatoms. The molecule has 1 aliphatic heterocycles. The van der Waals surface area contributed by atoms with Crippen LogP contribution in [0.5, 0.6) is 11.5 Å². The van der Waals surface area contributed by atoms with Gasteiger partial charge in [0.15, 0.2) is 11.5 Å². The third-order valence-corrected chi connectivity index (χ3v) is 5.02. The summed E-state index contributed by atoms with van der Waals surface area (Å²) in [5.74, 6) is 0.922. The highest BCUT2D eigenvalue weighted by molar-refractivity contribution is 8.18.